The van der Waals surface area contributed by atoms with E-state index in [1.165, 1.54) is 6.33 Å². The van der Waals surface area contributed by atoms with Crippen LogP contribution in [-0.2, 0) is 4.74 Å². The first-order valence-electron chi connectivity index (χ1n) is 3.79. The monoisotopic (exact) mass is 203 g/mol. The van der Waals surface area contributed by atoms with Crippen LogP contribution in [0.2, 0.25) is 0 Å². The first-order valence-corrected chi connectivity index (χ1v) is 3.79. The number of aromatic nitrogens is 2. The lowest BCUT2D eigenvalue weighted by atomic mass is 10.1. The summed E-state index contributed by atoms with van der Waals surface area (Å²) in [5, 5.41) is 0. The number of nitrogens with two attached hydrogens (primary N) is 1. The van der Waals surface area contributed by atoms with E-state index in [4.69, 9.17) is 10.5 Å². The highest BCUT2D eigenvalue weighted by Crippen LogP contribution is 2.16. The Kier molecular flexibility index (Phi) is 5.53. The normalized spacial score (nSPS) is 14.4. The fraction of sp³-hybridized carbons (Fsp3) is 0.500. The van der Waals surface area contributed by atoms with Crippen molar-refractivity contribution in [2.24, 2.45) is 5.73 Å². The Morgan fingerprint density at radius 2 is 1.92 bits per heavy atom. The molecule has 0 radical (unpaired) electrons. The first-order chi connectivity index (χ1) is 5.75. The summed E-state index contributed by atoms with van der Waals surface area (Å²) in [6, 6.07) is -0.0546. The molecular weight excluding hydrogens is 190 g/mol. The Hall–Kier alpha value is -0.710. The van der Waals surface area contributed by atoms with Gasteiger partial charge in [0.05, 0.1) is 6.10 Å². The zero-order chi connectivity index (χ0) is 8.97. The van der Waals surface area contributed by atoms with Crippen molar-refractivity contribution in [3.8, 4) is 0 Å². The summed E-state index contributed by atoms with van der Waals surface area (Å²) in [4.78, 5) is 7.78. The lowest BCUT2D eigenvalue weighted by molar-refractivity contribution is 0.0848. The second-order valence-corrected chi connectivity index (χ2v) is 2.69. The van der Waals surface area contributed by atoms with E-state index >= 15 is 0 Å². The minimum Gasteiger partial charge on any atom is -0.375 e. The molecule has 2 unspecified atom stereocenters. The molecule has 2 N–H and O–H groups in total. The predicted octanol–water partition coefficient (Wildman–Crippen LogP) is 0.933. The van der Waals surface area contributed by atoms with Crippen LogP contribution in [0.4, 0.5) is 0 Å². The van der Waals surface area contributed by atoms with Crippen LogP contribution >= 0.6 is 12.4 Å². The van der Waals surface area contributed by atoms with E-state index < -0.39 is 0 Å². The molecular formula is C8H14ClN3O. The number of hydrogen-bond donors (Lipinski definition) is 1. The number of nitrogens with zero attached hydrogens (tertiary/aromatic N) is 2. The van der Waals surface area contributed by atoms with Gasteiger partial charge in [-0.1, -0.05) is 0 Å². The molecule has 13 heavy (non-hydrogen) atoms. The van der Waals surface area contributed by atoms with Crippen molar-refractivity contribution in [3.05, 3.63) is 24.3 Å². The van der Waals surface area contributed by atoms with Gasteiger partial charge in [0, 0.05) is 31.1 Å². The van der Waals surface area contributed by atoms with Gasteiger partial charge in [-0.3, -0.25) is 0 Å². The summed E-state index contributed by atoms with van der Waals surface area (Å²) in [6.07, 6.45) is 4.79. The average molecular weight is 204 g/mol. The molecule has 4 nitrogen and oxygen atoms in total. The molecule has 0 saturated heterocycles. The summed E-state index contributed by atoms with van der Waals surface area (Å²) in [5.74, 6) is 0. The highest BCUT2D eigenvalue weighted by atomic mass is 35.5. The van der Waals surface area contributed by atoms with Gasteiger partial charge < -0.3 is 10.5 Å². The minimum atomic E-state index is -0.119. The summed E-state index contributed by atoms with van der Waals surface area (Å²) in [6.45, 7) is 1.89. The Morgan fingerprint density at radius 1 is 1.38 bits per heavy atom. The van der Waals surface area contributed by atoms with E-state index in [0.717, 1.165) is 5.56 Å². The van der Waals surface area contributed by atoms with E-state index in [2.05, 4.69) is 9.97 Å². The van der Waals surface area contributed by atoms with Crippen LogP contribution < -0.4 is 5.73 Å². The lowest BCUT2D eigenvalue weighted by Gasteiger charge is -2.18. The molecule has 1 aromatic rings. The van der Waals surface area contributed by atoms with Crippen molar-refractivity contribution < 1.29 is 4.74 Å². The molecule has 0 saturated carbocycles. The molecule has 1 rings (SSSR count). The maximum atomic E-state index is 5.70. The largest absolute Gasteiger partial charge is 0.375 e. The lowest BCUT2D eigenvalue weighted by Crippen LogP contribution is -2.26. The smallest absolute Gasteiger partial charge is 0.115 e. The van der Waals surface area contributed by atoms with E-state index in [-0.39, 0.29) is 24.6 Å². The molecule has 2 atom stereocenters. The molecule has 0 spiro atoms. The van der Waals surface area contributed by atoms with Crippen molar-refractivity contribution in [3.63, 3.8) is 0 Å². The molecule has 0 aliphatic heterocycles. The van der Waals surface area contributed by atoms with Gasteiger partial charge in [0.15, 0.2) is 0 Å². The highest BCUT2D eigenvalue weighted by Gasteiger charge is 2.14. The third-order valence-corrected chi connectivity index (χ3v) is 1.64. The SMILES string of the molecule is COC(c1cncnc1)C(C)N.Cl. The van der Waals surface area contributed by atoms with Gasteiger partial charge in [-0.25, -0.2) is 9.97 Å². The summed E-state index contributed by atoms with van der Waals surface area (Å²) in [5.41, 5.74) is 6.61. The molecule has 74 valence electrons. The molecule has 1 aromatic heterocycles. The van der Waals surface area contributed by atoms with Crippen molar-refractivity contribution in [2.45, 2.75) is 19.1 Å². The highest BCUT2D eigenvalue weighted by molar-refractivity contribution is 5.85. The van der Waals surface area contributed by atoms with Crippen LogP contribution in [0.5, 0.6) is 0 Å². The van der Waals surface area contributed by atoms with Crippen molar-refractivity contribution in [1.82, 2.24) is 9.97 Å². The zero-order valence-corrected chi connectivity index (χ0v) is 8.49. The quantitative estimate of drug-likeness (QED) is 0.794. The molecule has 0 aromatic carbocycles. The third kappa shape index (κ3) is 3.26. The van der Waals surface area contributed by atoms with E-state index in [1.54, 1.807) is 19.5 Å². The average Bonchev–Trinajstić information content (AvgIpc) is 2.07. The van der Waals surface area contributed by atoms with Crippen LogP contribution in [0.25, 0.3) is 0 Å². The van der Waals surface area contributed by atoms with Crippen LogP contribution in [0.3, 0.4) is 0 Å². The van der Waals surface area contributed by atoms with Gasteiger partial charge in [-0.2, -0.15) is 0 Å². The summed E-state index contributed by atoms with van der Waals surface area (Å²) < 4.78 is 5.19. The fourth-order valence-electron chi connectivity index (χ4n) is 1.11. The van der Waals surface area contributed by atoms with E-state index in [1.807, 2.05) is 6.92 Å². The van der Waals surface area contributed by atoms with Gasteiger partial charge in [-0.05, 0) is 6.92 Å². The van der Waals surface area contributed by atoms with Crippen LogP contribution in [0.1, 0.15) is 18.6 Å². The molecule has 0 aliphatic carbocycles. The molecule has 0 fully saturated rings. The number of rotatable bonds is 3. The number of methoxy groups -OCH3 is 1. The molecule has 0 amide bonds. The standard InChI is InChI=1S/C8H13N3O.ClH/c1-6(9)8(12-2)7-3-10-5-11-4-7;/h3-6,8H,9H2,1-2H3;1H. The van der Waals surface area contributed by atoms with Gasteiger partial charge >= 0.3 is 0 Å². The van der Waals surface area contributed by atoms with Crippen LogP contribution in [0, 0.1) is 0 Å². The van der Waals surface area contributed by atoms with Gasteiger partial charge in [0.1, 0.15) is 6.33 Å². The van der Waals surface area contributed by atoms with Crippen molar-refractivity contribution in [2.75, 3.05) is 7.11 Å². The Morgan fingerprint density at radius 3 is 2.31 bits per heavy atom. The summed E-state index contributed by atoms with van der Waals surface area (Å²) in [7, 11) is 1.63. The second kappa shape index (κ2) is 5.85. The maximum absolute atomic E-state index is 5.70. The zero-order valence-electron chi connectivity index (χ0n) is 7.68. The fourth-order valence-corrected chi connectivity index (χ4v) is 1.11. The van der Waals surface area contributed by atoms with Gasteiger partial charge in [0.25, 0.3) is 0 Å². The number of ether oxygens (including phenoxy) is 1. The van der Waals surface area contributed by atoms with Gasteiger partial charge in [0.2, 0.25) is 0 Å². The van der Waals surface area contributed by atoms with Gasteiger partial charge in [-0.15, -0.1) is 12.4 Å². The molecule has 5 heteroatoms. The molecule has 1 heterocycles. The third-order valence-electron chi connectivity index (χ3n) is 1.64. The van der Waals surface area contributed by atoms with Crippen LogP contribution in [-0.4, -0.2) is 23.1 Å². The molecule has 0 bridgehead atoms. The van der Waals surface area contributed by atoms with E-state index in [9.17, 15) is 0 Å². The Labute approximate surface area is 83.9 Å². The van der Waals surface area contributed by atoms with Crippen molar-refractivity contribution >= 4 is 12.4 Å². The van der Waals surface area contributed by atoms with E-state index in [0.29, 0.717) is 0 Å². The molecule has 0 aliphatic rings. The predicted molar refractivity (Wildman–Crippen MR) is 52.7 cm³/mol. The maximum Gasteiger partial charge on any atom is 0.115 e. The Bertz CT molecular complexity index is 230. The van der Waals surface area contributed by atoms with Crippen molar-refractivity contribution in [1.29, 1.82) is 0 Å². The number of halogens is 1. The number of hydrogen-bond acceptors (Lipinski definition) is 4. The van der Waals surface area contributed by atoms with Crippen LogP contribution in [0.15, 0.2) is 18.7 Å². The Balaban J connectivity index is 0.00000144. The summed E-state index contributed by atoms with van der Waals surface area (Å²) >= 11 is 0. The first kappa shape index (κ1) is 12.3. The minimum absolute atomic E-state index is 0. The topological polar surface area (TPSA) is 61.0 Å². The second-order valence-electron chi connectivity index (χ2n) is 2.69.